The van der Waals surface area contributed by atoms with E-state index in [9.17, 15) is 9.18 Å². The number of benzene rings is 1. The average Bonchev–Trinajstić information content (AvgIpc) is 3.37. The Hall–Kier alpha value is -2.43. The Bertz CT molecular complexity index is 941. The number of rotatable bonds is 3. The molecule has 2 aliphatic rings. The van der Waals surface area contributed by atoms with Crippen molar-refractivity contribution in [2.24, 2.45) is 17.4 Å². The molecule has 1 saturated carbocycles. The predicted molar refractivity (Wildman–Crippen MR) is 105 cm³/mol. The molecule has 1 aromatic carbocycles. The largest absolute Gasteiger partial charge is 0.367 e. The number of carbonyl (C=O) groups is 1. The van der Waals surface area contributed by atoms with Crippen LogP contribution in [-0.4, -0.2) is 30.0 Å². The molecule has 1 aliphatic carbocycles. The first-order valence-corrected chi connectivity index (χ1v) is 9.96. The second kappa shape index (κ2) is 7.29. The summed E-state index contributed by atoms with van der Waals surface area (Å²) in [5.74, 6) is 5.63. The number of amides is 1. The van der Waals surface area contributed by atoms with E-state index in [-0.39, 0.29) is 17.6 Å². The first kappa shape index (κ1) is 18.0. The summed E-state index contributed by atoms with van der Waals surface area (Å²) >= 11 is 1.29. The van der Waals surface area contributed by atoms with E-state index in [1.54, 1.807) is 12.1 Å². The first-order chi connectivity index (χ1) is 13.0. The number of hydrogen-bond donors (Lipinski definition) is 2. The lowest BCUT2D eigenvalue weighted by Crippen LogP contribution is -2.43. The second-order valence-corrected chi connectivity index (χ2v) is 8.09. The topological polar surface area (TPSA) is 85.2 Å². The maximum absolute atomic E-state index is 14.8. The molecule has 4 rings (SSSR count). The van der Waals surface area contributed by atoms with Crippen LogP contribution in [0.2, 0.25) is 0 Å². The number of piperidine rings is 1. The van der Waals surface area contributed by atoms with Gasteiger partial charge in [0.1, 0.15) is 11.5 Å². The molecule has 2 heterocycles. The molecule has 0 radical (unpaired) electrons. The Morgan fingerprint density at radius 1 is 1.33 bits per heavy atom. The molecule has 1 amide bonds. The number of thiazole rings is 1. The number of aromatic nitrogens is 1. The van der Waals surface area contributed by atoms with Gasteiger partial charge in [-0.2, -0.15) is 0 Å². The highest BCUT2D eigenvalue weighted by Crippen LogP contribution is 2.39. The molecule has 2 aromatic rings. The van der Waals surface area contributed by atoms with Crippen LogP contribution in [0.3, 0.4) is 0 Å². The summed E-state index contributed by atoms with van der Waals surface area (Å²) in [6, 6.07) is 4.87. The quantitative estimate of drug-likeness (QED) is 0.797. The number of anilines is 1. The van der Waals surface area contributed by atoms with Gasteiger partial charge in [-0.05, 0) is 37.7 Å². The summed E-state index contributed by atoms with van der Waals surface area (Å²) in [4.78, 5) is 18.8. The van der Waals surface area contributed by atoms with Crippen LogP contribution in [0.15, 0.2) is 18.2 Å². The zero-order chi connectivity index (χ0) is 19.0. The van der Waals surface area contributed by atoms with Crippen molar-refractivity contribution in [3.63, 3.8) is 0 Å². The average molecular weight is 384 g/mol. The molecular weight excluding hydrogens is 363 g/mol. The van der Waals surface area contributed by atoms with E-state index in [1.807, 2.05) is 4.90 Å². The normalized spacial score (nSPS) is 19.5. The van der Waals surface area contributed by atoms with Crippen LogP contribution >= 0.6 is 11.3 Å². The maximum Gasteiger partial charge on any atom is 0.268 e. The minimum absolute atomic E-state index is 0.00301. The van der Waals surface area contributed by atoms with E-state index in [0.29, 0.717) is 33.6 Å². The Balaban J connectivity index is 1.80. The lowest BCUT2D eigenvalue weighted by atomic mass is 10.0. The minimum atomic E-state index is -0.633. The molecule has 5 nitrogen and oxygen atoms in total. The van der Waals surface area contributed by atoms with Crippen molar-refractivity contribution in [2.75, 3.05) is 18.0 Å². The zero-order valence-electron chi connectivity index (χ0n) is 14.9. The summed E-state index contributed by atoms with van der Waals surface area (Å²) in [6.07, 6.45) is 4.04. The minimum Gasteiger partial charge on any atom is -0.367 e. The molecule has 2 fully saturated rings. The van der Waals surface area contributed by atoms with E-state index < -0.39 is 5.91 Å². The summed E-state index contributed by atoms with van der Waals surface area (Å²) < 4.78 is 14.8. The number of hydrogen-bond acceptors (Lipinski definition) is 5. The van der Waals surface area contributed by atoms with Gasteiger partial charge < -0.3 is 16.4 Å². The van der Waals surface area contributed by atoms with Gasteiger partial charge in [-0.1, -0.05) is 18.1 Å². The SMILES string of the molecule is NC(=O)c1nc(C#CC2CC2)sc1-c1cccc(F)c1N1CCCC(N)C1. The number of nitrogens with zero attached hydrogens (tertiary/aromatic N) is 2. The lowest BCUT2D eigenvalue weighted by molar-refractivity contribution is 0.0997. The van der Waals surface area contributed by atoms with Crippen molar-refractivity contribution >= 4 is 22.9 Å². The highest BCUT2D eigenvalue weighted by atomic mass is 32.1. The number of carbonyl (C=O) groups excluding carboxylic acids is 1. The van der Waals surface area contributed by atoms with E-state index in [1.165, 1.54) is 17.4 Å². The molecule has 7 heteroatoms. The van der Waals surface area contributed by atoms with Crippen LogP contribution in [0.4, 0.5) is 10.1 Å². The van der Waals surface area contributed by atoms with Crippen LogP contribution in [0, 0.1) is 23.6 Å². The summed E-state index contributed by atoms with van der Waals surface area (Å²) in [5.41, 5.74) is 12.9. The van der Waals surface area contributed by atoms with Gasteiger partial charge in [0.2, 0.25) is 0 Å². The van der Waals surface area contributed by atoms with Gasteiger partial charge in [-0.3, -0.25) is 4.79 Å². The molecule has 0 bridgehead atoms. The highest BCUT2D eigenvalue weighted by molar-refractivity contribution is 7.16. The van der Waals surface area contributed by atoms with Crippen molar-refractivity contribution in [3.05, 3.63) is 34.7 Å². The van der Waals surface area contributed by atoms with Gasteiger partial charge in [0, 0.05) is 30.6 Å². The van der Waals surface area contributed by atoms with Crippen molar-refractivity contribution < 1.29 is 9.18 Å². The third-order valence-electron chi connectivity index (χ3n) is 4.83. The van der Waals surface area contributed by atoms with Crippen molar-refractivity contribution in [2.45, 2.75) is 31.7 Å². The van der Waals surface area contributed by atoms with Crippen LogP contribution in [0.1, 0.15) is 41.2 Å². The summed E-state index contributed by atoms with van der Waals surface area (Å²) in [7, 11) is 0. The maximum atomic E-state index is 14.8. The molecule has 1 aromatic heterocycles. The van der Waals surface area contributed by atoms with E-state index >= 15 is 0 Å². The fourth-order valence-electron chi connectivity index (χ4n) is 3.35. The van der Waals surface area contributed by atoms with Gasteiger partial charge in [-0.15, -0.1) is 11.3 Å². The summed E-state index contributed by atoms with van der Waals surface area (Å²) in [5, 5.41) is 0.538. The second-order valence-electron chi connectivity index (χ2n) is 7.09. The van der Waals surface area contributed by atoms with Crippen molar-refractivity contribution in [1.82, 2.24) is 4.98 Å². The molecule has 1 unspecified atom stereocenters. The molecule has 1 aliphatic heterocycles. The van der Waals surface area contributed by atoms with Gasteiger partial charge in [-0.25, -0.2) is 9.37 Å². The van der Waals surface area contributed by atoms with Crippen LogP contribution in [-0.2, 0) is 0 Å². The van der Waals surface area contributed by atoms with E-state index in [2.05, 4.69) is 16.8 Å². The molecular formula is C20H21FN4OS. The fourth-order valence-corrected chi connectivity index (χ4v) is 4.31. The lowest BCUT2D eigenvalue weighted by Gasteiger charge is -2.34. The third-order valence-corrected chi connectivity index (χ3v) is 5.83. The standard InChI is InChI=1S/C20H21FN4OS/c21-15-5-1-4-14(18(15)25-10-2-3-13(22)11-25)19-17(20(23)26)24-16(27-19)9-8-12-6-7-12/h1,4-5,12-13H,2-3,6-7,10-11,22H2,(H2,23,26). The van der Waals surface area contributed by atoms with Gasteiger partial charge in [0.05, 0.1) is 10.6 Å². The van der Waals surface area contributed by atoms with Crippen molar-refractivity contribution in [1.29, 1.82) is 0 Å². The Morgan fingerprint density at radius 3 is 2.85 bits per heavy atom. The number of nitrogens with two attached hydrogens (primary N) is 2. The Kier molecular flexibility index (Phi) is 4.85. The van der Waals surface area contributed by atoms with Crippen molar-refractivity contribution in [3.8, 4) is 22.3 Å². The number of primary amides is 1. The van der Waals surface area contributed by atoms with Crippen LogP contribution in [0.25, 0.3) is 10.4 Å². The first-order valence-electron chi connectivity index (χ1n) is 9.14. The van der Waals surface area contributed by atoms with Gasteiger partial charge >= 0.3 is 0 Å². The Labute approximate surface area is 161 Å². The molecule has 0 spiro atoms. The van der Waals surface area contributed by atoms with E-state index in [4.69, 9.17) is 11.5 Å². The summed E-state index contributed by atoms with van der Waals surface area (Å²) in [6.45, 7) is 1.30. The molecule has 4 N–H and O–H groups in total. The molecule has 1 atom stereocenters. The number of halogens is 1. The smallest absolute Gasteiger partial charge is 0.268 e. The monoisotopic (exact) mass is 384 g/mol. The molecule has 27 heavy (non-hydrogen) atoms. The predicted octanol–water partition coefficient (Wildman–Crippen LogP) is 2.74. The fraction of sp³-hybridized carbons (Fsp3) is 0.400. The Morgan fingerprint density at radius 2 is 2.15 bits per heavy atom. The highest BCUT2D eigenvalue weighted by Gasteiger charge is 2.26. The number of para-hydroxylation sites is 1. The van der Waals surface area contributed by atoms with Gasteiger partial charge in [0.25, 0.3) is 5.91 Å². The molecule has 140 valence electrons. The van der Waals surface area contributed by atoms with Gasteiger partial charge in [0.15, 0.2) is 5.01 Å². The van der Waals surface area contributed by atoms with Crippen LogP contribution < -0.4 is 16.4 Å². The third kappa shape index (κ3) is 3.82. The van der Waals surface area contributed by atoms with E-state index in [0.717, 1.165) is 32.2 Å². The van der Waals surface area contributed by atoms with Crippen LogP contribution in [0.5, 0.6) is 0 Å². The molecule has 1 saturated heterocycles. The zero-order valence-corrected chi connectivity index (χ0v) is 15.7.